The average molecular weight is 216 g/mol. The van der Waals surface area contributed by atoms with Crippen molar-refractivity contribution in [1.82, 2.24) is 0 Å². The van der Waals surface area contributed by atoms with Crippen LogP contribution in [0.5, 0.6) is 0 Å². The molecule has 0 saturated heterocycles. The molecule has 0 heterocycles. The van der Waals surface area contributed by atoms with Crippen LogP contribution in [-0.4, -0.2) is 0 Å². The molecule has 0 aromatic carbocycles. The van der Waals surface area contributed by atoms with Gasteiger partial charge in [0.25, 0.3) is 0 Å². The van der Waals surface area contributed by atoms with Gasteiger partial charge in [0, 0.05) is 0 Å². The van der Waals surface area contributed by atoms with Gasteiger partial charge in [-0.2, -0.15) is 0 Å². The van der Waals surface area contributed by atoms with Gasteiger partial charge in [-0.1, -0.05) is 50.5 Å². The van der Waals surface area contributed by atoms with Crippen molar-refractivity contribution in [2.75, 3.05) is 0 Å². The van der Waals surface area contributed by atoms with Crippen LogP contribution < -0.4 is 0 Å². The molecule has 0 heteroatoms. The van der Waals surface area contributed by atoms with E-state index in [0.29, 0.717) is 0 Å². The fraction of sp³-hybridized carbons (Fsp3) is 0.750. The molecule has 2 saturated carbocycles. The molecular formula is C16H24. The zero-order chi connectivity index (χ0) is 11.1. The lowest BCUT2D eigenvalue weighted by Crippen LogP contribution is -2.41. The summed E-state index contributed by atoms with van der Waals surface area (Å²) in [5.74, 6) is 4.68. The smallest absolute Gasteiger partial charge is 0.0134 e. The molecule has 5 atom stereocenters. The standard InChI is InChI=1S/C16H24/c1-11-13-7-3-5-9-15(13)12(2)16-10-6-4-8-14(11)16/h3,5,7,11-12,14-16H,4,6,8-10H2,1-2H3/t11?,12?,14-,15?,16?/m0/s1. The lowest BCUT2D eigenvalue weighted by atomic mass is 9.55. The van der Waals surface area contributed by atoms with E-state index in [0.717, 1.165) is 29.6 Å². The maximum Gasteiger partial charge on any atom is -0.0134 e. The molecule has 0 amide bonds. The van der Waals surface area contributed by atoms with Crippen LogP contribution in [0, 0.1) is 29.6 Å². The van der Waals surface area contributed by atoms with E-state index in [1.54, 1.807) is 5.57 Å². The number of allylic oxidation sites excluding steroid dienone is 4. The molecule has 0 aromatic rings. The molecule has 0 bridgehead atoms. The molecule has 0 spiro atoms. The zero-order valence-corrected chi connectivity index (χ0v) is 10.7. The summed E-state index contributed by atoms with van der Waals surface area (Å²) in [6.45, 7) is 5.01. The Morgan fingerprint density at radius 1 is 1.06 bits per heavy atom. The Labute approximate surface area is 99.8 Å². The minimum absolute atomic E-state index is 0.858. The summed E-state index contributed by atoms with van der Waals surface area (Å²) in [6, 6.07) is 0. The van der Waals surface area contributed by atoms with Crippen molar-refractivity contribution in [3.63, 3.8) is 0 Å². The minimum Gasteiger partial charge on any atom is -0.0839 e. The first kappa shape index (κ1) is 10.6. The Kier molecular flexibility index (Phi) is 2.69. The molecule has 2 fully saturated rings. The Balaban J connectivity index is 1.93. The Morgan fingerprint density at radius 3 is 2.62 bits per heavy atom. The van der Waals surface area contributed by atoms with Gasteiger partial charge in [-0.05, 0) is 48.9 Å². The van der Waals surface area contributed by atoms with Gasteiger partial charge in [0.15, 0.2) is 0 Å². The van der Waals surface area contributed by atoms with Gasteiger partial charge in [-0.3, -0.25) is 0 Å². The van der Waals surface area contributed by atoms with Crippen molar-refractivity contribution < 1.29 is 0 Å². The van der Waals surface area contributed by atoms with E-state index in [-0.39, 0.29) is 0 Å². The van der Waals surface area contributed by atoms with Gasteiger partial charge in [-0.15, -0.1) is 0 Å². The lowest BCUT2D eigenvalue weighted by molar-refractivity contribution is 0.0658. The highest BCUT2D eigenvalue weighted by Crippen LogP contribution is 2.52. The molecule has 0 aromatic heterocycles. The van der Waals surface area contributed by atoms with Crippen molar-refractivity contribution in [2.45, 2.75) is 46.0 Å². The van der Waals surface area contributed by atoms with E-state index in [4.69, 9.17) is 0 Å². The van der Waals surface area contributed by atoms with E-state index in [1.165, 1.54) is 32.1 Å². The second-order valence-corrected chi connectivity index (χ2v) is 6.20. The highest BCUT2D eigenvalue weighted by molar-refractivity contribution is 5.27. The monoisotopic (exact) mass is 216 g/mol. The van der Waals surface area contributed by atoms with Crippen LogP contribution in [0.4, 0.5) is 0 Å². The van der Waals surface area contributed by atoms with Crippen molar-refractivity contribution in [3.8, 4) is 0 Å². The summed E-state index contributed by atoms with van der Waals surface area (Å²) >= 11 is 0. The second-order valence-electron chi connectivity index (χ2n) is 6.20. The van der Waals surface area contributed by atoms with Crippen molar-refractivity contribution in [2.24, 2.45) is 29.6 Å². The SMILES string of the molecule is CC1C2CC=CC=C2C(C)[C@@H]2CCCCC12. The van der Waals surface area contributed by atoms with Crippen molar-refractivity contribution in [3.05, 3.63) is 23.8 Å². The molecule has 0 aliphatic heterocycles. The van der Waals surface area contributed by atoms with Crippen LogP contribution in [-0.2, 0) is 0 Å². The molecule has 0 radical (unpaired) electrons. The maximum absolute atomic E-state index is 2.52. The zero-order valence-electron chi connectivity index (χ0n) is 10.7. The molecule has 3 aliphatic rings. The van der Waals surface area contributed by atoms with Crippen LogP contribution >= 0.6 is 0 Å². The van der Waals surface area contributed by atoms with E-state index < -0.39 is 0 Å². The predicted octanol–water partition coefficient (Wildman–Crippen LogP) is 4.58. The van der Waals surface area contributed by atoms with Gasteiger partial charge in [0.05, 0.1) is 0 Å². The molecule has 3 rings (SSSR count). The van der Waals surface area contributed by atoms with Crippen LogP contribution in [0.15, 0.2) is 23.8 Å². The third-order valence-electron chi connectivity index (χ3n) is 5.60. The largest absolute Gasteiger partial charge is 0.0839 e. The second kappa shape index (κ2) is 4.05. The Hall–Kier alpha value is -0.520. The maximum atomic E-state index is 2.52. The summed E-state index contributed by atoms with van der Waals surface area (Å²) in [5.41, 5.74) is 1.78. The van der Waals surface area contributed by atoms with Gasteiger partial charge < -0.3 is 0 Å². The van der Waals surface area contributed by atoms with Crippen LogP contribution in [0.2, 0.25) is 0 Å². The topological polar surface area (TPSA) is 0 Å². The number of hydrogen-bond donors (Lipinski definition) is 0. The quantitative estimate of drug-likeness (QED) is 0.556. The lowest BCUT2D eigenvalue weighted by Gasteiger charge is -2.50. The van der Waals surface area contributed by atoms with E-state index in [1.807, 2.05) is 0 Å². The van der Waals surface area contributed by atoms with Crippen molar-refractivity contribution >= 4 is 0 Å². The summed E-state index contributed by atoms with van der Waals surface area (Å²) in [5, 5.41) is 0. The molecule has 16 heavy (non-hydrogen) atoms. The molecular weight excluding hydrogens is 192 g/mol. The normalized spacial score (nSPS) is 46.9. The fourth-order valence-electron chi connectivity index (χ4n) is 4.68. The van der Waals surface area contributed by atoms with Crippen LogP contribution in [0.3, 0.4) is 0 Å². The molecule has 88 valence electrons. The molecule has 0 N–H and O–H groups in total. The highest BCUT2D eigenvalue weighted by atomic mass is 14.5. The Morgan fingerprint density at radius 2 is 1.81 bits per heavy atom. The molecule has 4 unspecified atom stereocenters. The third kappa shape index (κ3) is 1.49. The van der Waals surface area contributed by atoms with Gasteiger partial charge in [-0.25, -0.2) is 0 Å². The van der Waals surface area contributed by atoms with Gasteiger partial charge in [0.2, 0.25) is 0 Å². The van der Waals surface area contributed by atoms with E-state index in [9.17, 15) is 0 Å². The summed E-state index contributed by atoms with van der Waals surface area (Å²) in [6.07, 6.45) is 14.4. The van der Waals surface area contributed by atoms with E-state index >= 15 is 0 Å². The summed E-state index contributed by atoms with van der Waals surface area (Å²) in [4.78, 5) is 0. The molecule has 0 nitrogen and oxygen atoms in total. The number of rotatable bonds is 0. The summed E-state index contributed by atoms with van der Waals surface area (Å²) < 4.78 is 0. The first-order valence-corrected chi connectivity index (χ1v) is 7.15. The van der Waals surface area contributed by atoms with Gasteiger partial charge in [0.1, 0.15) is 0 Å². The fourth-order valence-corrected chi connectivity index (χ4v) is 4.68. The number of fused-ring (bicyclic) bond motifs is 2. The first-order valence-electron chi connectivity index (χ1n) is 7.15. The third-order valence-corrected chi connectivity index (χ3v) is 5.60. The molecule has 3 aliphatic carbocycles. The van der Waals surface area contributed by atoms with E-state index in [2.05, 4.69) is 32.1 Å². The van der Waals surface area contributed by atoms with Crippen LogP contribution in [0.1, 0.15) is 46.0 Å². The predicted molar refractivity (Wildman–Crippen MR) is 69.1 cm³/mol. The number of hydrogen-bond acceptors (Lipinski definition) is 0. The average Bonchev–Trinajstić information content (AvgIpc) is 2.36. The summed E-state index contributed by atoms with van der Waals surface area (Å²) in [7, 11) is 0. The Bertz CT molecular complexity index is 323. The minimum atomic E-state index is 0.858. The van der Waals surface area contributed by atoms with Gasteiger partial charge >= 0.3 is 0 Å². The first-order chi connectivity index (χ1) is 7.79. The highest BCUT2D eigenvalue weighted by Gasteiger charge is 2.43. The van der Waals surface area contributed by atoms with Crippen molar-refractivity contribution in [1.29, 1.82) is 0 Å². The van der Waals surface area contributed by atoms with Crippen LogP contribution in [0.25, 0.3) is 0 Å².